The van der Waals surface area contributed by atoms with Crippen LogP contribution in [0.2, 0.25) is 0 Å². The Kier molecular flexibility index (Phi) is 3.50. The number of hydrogen-bond acceptors (Lipinski definition) is 6. The number of anilines is 1. The Morgan fingerprint density at radius 3 is 2.88 bits per heavy atom. The van der Waals surface area contributed by atoms with Gasteiger partial charge in [-0.05, 0) is 43.9 Å². The molecule has 1 saturated heterocycles. The van der Waals surface area contributed by atoms with Crippen LogP contribution in [0.1, 0.15) is 43.9 Å². The molecule has 1 saturated carbocycles. The van der Waals surface area contributed by atoms with Gasteiger partial charge < -0.3 is 15.4 Å². The molecule has 26 heavy (non-hydrogen) atoms. The summed E-state index contributed by atoms with van der Waals surface area (Å²) in [5.74, 6) is 1.85. The fourth-order valence-corrected chi connectivity index (χ4v) is 3.75. The molecule has 1 aromatic heterocycles. The lowest BCUT2D eigenvalue weighted by Crippen LogP contribution is -2.27. The molecule has 0 amide bonds. The predicted molar refractivity (Wildman–Crippen MR) is 101 cm³/mol. The van der Waals surface area contributed by atoms with E-state index >= 15 is 0 Å². The maximum absolute atomic E-state index is 6.22. The van der Waals surface area contributed by atoms with Crippen LogP contribution in [0.5, 0.6) is 5.75 Å². The number of rotatable bonds is 5. The van der Waals surface area contributed by atoms with E-state index in [1.165, 1.54) is 0 Å². The van der Waals surface area contributed by atoms with Crippen molar-refractivity contribution in [2.24, 2.45) is 10.7 Å². The lowest BCUT2D eigenvalue weighted by Gasteiger charge is -2.22. The van der Waals surface area contributed by atoms with Crippen molar-refractivity contribution in [3.63, 3.8) is 0 Å². The van der Waals surface area contributed by atoms with Gasteiger partial charge in [-0.1, -0.05) is 6.92 Å². The van der Waals surface area contributed by atoms with Crippen molar-refractivity contribution in [1.29, 1.82) is 0 Å². The van der Waals surface area contributed by atoms with E-state index < -0.39 is 0 Å². The van der Waals surface area contributed by atoms with Gasteiger partial charge in [-0.2, -0.15) is 0 Å². The zero-order chi connectivity index (χ0) is 17.7. The lowest BCUT2D eigenvalue weighted by atomic mass is 9.98. The Hall–Kier alpha value is -2.47. The molecule has 0 radical (unpaired) electrons. The molecule has 1 aromatic carbocycles. The predicted octanol–water partition coefficient (Wildman–Crippen LogP) is 2.82. The van der Waals surface area contributed by atoms with E-state index in [0.717, 1.165) is 73.0 Å². The Bertz CT molecular complexity index is 890. The zero-order valence-corrected chi connectivity index (χ0v) is 15.0. The van der Waals surface area contributed by atoms with E-state index in [1.807, 2.05) is 18.2 Å². The number of ether oxygens (including phenoxy) is 1. The van der Waals surface area contributed by atoms with Gasteiger partial charge in [0, 0.05) is 30.8 Å². The van der Waals surface area contributed by atoms with Crippen LogP contribution in [0.25, 0.3) is 0 Å². The van der Waals surface area contributed by atoms with E-state index in [-0.39, 0.29) is 11.6 Å². The maximum atomic E-state index is 6.22. The molecule has 2 N–H and O–H groups in total. The van der Waals surface area contributed by atoms with Gasteiger partial charge in [0.05, 0.1) is 17.1 Å². The van der Waals surface area contributed by atoms with Crippen LogP contribution in [0, 0.1) is 0 Å². The number of aliphatic imine (C=N–C) groups is 1. The first-order chi connectivity index (χ1) is 12.7. The Labute approximate surface area is 153 Å². The van der Waals surface area contributed by atoms with Crippen LogP contribution in [-0.4, -0.2) is 40.4 Å². The van der Waals surface area contributed by atoms with E-state index in [0.29, 0.717) is 0 Å². The van der Waals surface area contributed by atoms with Crippen molar-refractivity contribution in [2.75, 3.05) is 18.0 Å². The van der Waals surface area contributed by atoms with Gasteiger partial charge in [0.25, 0.3) is 0 Å². The molecular weight excluding hydrogens is 326 g/mol. The van der Waals surface area contributed by atoms with E-state index in [1.54, 1.807) is 6.33 Å². The number of hydrogen-bond donors (Lipinski definition) is 1. The summed E-state index contributed by atoms with van der Waals surface area (Å²) in [6, 6.07) is 8.39. The molecule has 0 bridgehead atoms. The van der Waals surface area contributed by atoms with Gasteiger partial charge in [-0.25, -0.2) is 15.0 Å². The van der Waals surface area contributed by atoms with Crippen molar-refractivity contribution in [2.45, 2.75) is 44.2 Å². The number of nitrogens with two attached hydrogens (primary N) is 1. The second-order valence-electron chi connectivity index (χ2n) is 7.53. The van der Waals surface area contributed by atoms with Gasteiger partial charge in [-0.3, -0.25) is 0 Å². The summed E-state index contributed by atoms with van der Waals surface area (Å²) in [6.45, 7) is 3.97. The first-order valence-electron chi connectivity index (χ1n) is 9.41. The molecule has 1 aliphatic carbocycles. The van der Waals surface area contributed by atoms with Crippen LogP contribution in [0.4, 0.5) is 11.5 Å². The van der Waals surface area contributed by atoms with E-state index in [4.69, 9.17) is 10.5 Å². The van der Waals surface area contributed by atoms with E-state index in [9.17, 15) is 0 Å². The molecule has 5 rings (SSSR count). The van der Waals surface area contributed by atoms with Gasteiger partial charge in [0.2, 0.25) is 0 Å². The molecule has 2 fully saturated rings. The summed E-state index contributed by atoms with van der Waals surface area (Å²) >= 11 is 0. The average Bonchev–Trinajstić information content (AvgIpc) is 3.28. The lowest BCUT2D eigenvalue weighted by molar-refractivity contribution is 0.174. The van der Waals surface area contributed by atoms with Crippen molar-refractivity contribution in [3.8, 4) is 5.75 Å². The molecule has 0 spiro atoms. The minimum absolute atomic E-state index is 0.0614. The highest BCUT2D eigenvalue weighted by atomic mass is 16.5. The van der Waals surface area contributed by atoms with Crippen molar-refractivity contribution < 1.29 is 4.74 Å². The Balaban J connectivity index is 1.39. The topological polar surface area (TPSA) is 76.6 Å². The molecular formula is C20H23N5O. The summed E-state index contributed by atoms with van der Waals surface area (Å²) in [6.07, 6.45) is 5.97. The largest absolute Gasteiger partial charge is 0.487 e. The molecule has 1 atom stereocenters. The normalized spacial score (nSPS) is 22.5. The van der Waals surface area contributed by atoms with Crippen molar-refractivity contribution in [3.05, 3.63) is 41.9 Å². The fourth-order valence-electron chi connectivity index (χ4n) is 3.75. The highest BCUT2D eigenvalue weighted by Crippen LogP contribution is 2.44. The average molecular weight is 349 g/mol. The Morgan fingerprint density at radius 1 is 1.27 bits per heavy atom. The van der Waals surface area contributed by atoms with Crippen molar-refractivity contribution in [1.82, 2.24) is 9.97 Å². The van der Waals surface area contributed by atoms with Gasteiger partial charge >= 0.3 is 0 Å². The molecule has 3 aliphatic rings. The van der Waals surface area contributed by atoms with Crippen LogP contribution >= 0.6 is 0 Å². The van der Waals surface area contributed by atoms with Crippen LogP contribution < -0.4 is 15.4 Å². The summed E-state index contributed by atoms with van der Waals surface area (Å²) < 4.78 is 6.22. The maximum Gasteiger partial charge on any atom is 0.132 e. The standard InChI is InChI=1S/C20H23N5O/c1-2-20(6-7-20)26-14-3-4-16-15(9-14)19(24-16)17-10-18(23-12-22-17)25-8-5-13(21)11-25/h3-4,9-10,12-13H,2,5-8,11,21H2,1H3. The first kappa shape index (κ1) is 15.8. The second kappa shape index (κ2) is 5.77. The minimum Gasteiger partial charge on any atom is -0.487 e. The second-order valence-corrected chi connectivity index (χ2v) is 7.53. The number of benzene rings is 1. The summed E-state index contributed by atoms with van der Waals surface area (Å²) in [7, 11) is 0. The van der Waals surface area contributed by atoms with Crippen LogP contribution in [0.15, 0.2) is 35.6 Å². The molecule has 1 unspecified atom stereocenters. The first-order valence-corrected chi connectivity index (χ1v) is 9.41. The SMILES string of the molecule is CCC1(Oc2ccc3c(c2)C(c2cc(N4CCC(N)C4)ncn2)=N3)CC1. The molecule has 2 aliphatic heterocycles. The van der Waals surface area contributed by atoms with Crippen LogP contribution in [-0.2, 0) is 0 Å². The highest BCUT2D eigenvalue weighted by molar-refractivity contribution is 6.21. The third-order valence-electron chi connectivity index (χ3n) is 5.69. The molecule has 6 heteroatoms. The van der Waals surface area contributed by atoms with Gasteiger partial charge in [-0.15, -0.1) is 0 Å². The zero-order valence-electron chi connectivity index (χ0n) is 15.0. The van der Waals surface area contributed by atoms with Crippen molar-refractivity contribution >= 4 is 17.2 Å². The number of fused-ring (bicyclic) bond motifs is 1. The molecule has 134 valence electrons. The number of aromatic nitrogens is 2. The third kappa shape index (κ3) is 2.65. The summed E-state index contributed by atoms with van der Waals surface area (Å²) in [4.78, 5) is 15.7. The minimum atomic E-state index is 0.0614. The van der Waals surface area contributed by atoms with E-state index in [2.05, 4.69) is 32.9 Å². The third-order valence-corrected chi connectivity index (χ3v) is 5.69. The smallest absolute Gasteiger partial charge is 0.132 e. The molecule has 2 aromatic rings. The Morgan fingerprint density at radius 2 is 2.15 bits per heavy atom. The molecule has 3 heterocycles. The summed E-state index contributed by atoms with van der Waals surface area (Å²) in [5.41, 5.74) is 9.96. The van der Waals surface area contributed by atoms with Gasteiger partial charge in [0.1, 0.15) is 23.5 Å². The molecule has 6 nitrogen and oxygen atoms in total. The fraction of sp³-hybridized carbons (Fsp3) is 0.450. The monoisotopic (exact) mass is 349 g/mol. The summed E-state index contributed by atoms with van der Waals surface area (Å²) in [5, 5.41) is 0. The van der Waals surface area contributed by atoms with Crippen LogP contribution in [0.3, 0.4) is 0 Å². The quantitative estimate of drug-likeness (QED) is 0.766. The van der Waals surface area contributed by atoms with Gasteiger partial charge in [0.15, 0.2) is 0 Å². The highest BCUT2D eigenvalue weighted by Gasteiger charge is 2.43. The number of nitrogens with zero attached hydrogens (tertiary/aromatic N) is 4.